The smallest absolute Gasteiger partial charge is 0.262 e. The van der Waals surface area contributed by atoms with Gasteiger partial charge < -0.3 is 25.1 Å². The molecule has 164 valence electrons. The number of aromatic nitrogens is 4. The molecule has 0 aliphatic rings. The topological polar surface area (TPSA) is 106 Å². The number of rotatable bonds is 6. The Morgan fingerprint density at radius 3 is 2.56 bits per heavy atom. The van der Waals surface area contributed by atoms with Crippen LogP contribution in [-0.4, -0.2) is 32.1 Å². The van der Waals surface area contributed by atoms with Crippen molar-refractivity contribution in [3.8, 4) is 0 Å². The van der Waals surface area contributed by atoms with Gasteiger partial charge in [-0.1, -0.05) is 0 Å². The number of hydrogen-bond donors (Lipinski definition) is 3. The number of halogens is 1. The van der Waals surface area contributed by atoms with Gasteiger partial charge >= 0.3 is 0 Å². The second-order valence-electron chi connectivity index (χ2n) is 7.13. The van der Waals surface area contributed by atoms with Gasteiger partial charge in [0.25, 0.3) is 11.5 Å². The Morgan fingerprint density at radius 2 is 1.88 bits per heavy atom. The minimum Gasteiger partial charge on any atom is -0.355 e. The number of carbonyl (C=O) groups excluding carboxylic acids is 1. The molecule has 0 unspecified atom stereocenters. The first-order valence-electron chi connectivity index (χ1n) is 9.97. The Bertz CT molecular complexity index is 1360. The second-order valence-corrected chi connectivity index (χ2v) is 7.13. The zero-order chi connectivity index (χ0) is 22.8. The lowest BCUT2D eigenvalue weighted by Crippen LogP contribution is -2.20. The predicted molar refractivity (Wildman–Crippen MR) is 121 cm³/mol. The van der Waals surface area contributed by atoms with Crippen LogP contribution < -0.4 is 21.5 Å². The molecule has 0 atom stereocenters. The maximum atomic E-state index is 13.1. The summed E-state index contributed by atoms with van der Waals surface area (Å²) in [4.78, 5) is 33.6. The molecule has 0 fully saturated rings. The van der Waals surface area contributed by atoms with Crippen molar-refractivity contribution in [1.29, 1.82) is 0 Å². The van der Waals surface area contributed by atoms with Crippen LogP contribution in [0.2, 0.25) is 0 Å². The summed E-state index contributed by atoms with van der Waals surface area (Å²) in [6.45, 7) is 2.44. The third-order valence-corrected chi connectivity index (χ3v) is 5.08. The molecule has 0 aromatic carbocycles. The van der Waals surface area contributed by atoms with Crippen LogP contribution in [0.3, 0.4) is 0 Å². The number of hydrogen-bond acceptors (Lipinski definition) is 6. The molecule has 3 N–H and O–H groups in total. The van der Waals surface area contributed by atoms with Gasteiger partial charge in [0.1, 0.15) is 17.5 Å². The summed E-state index contributed by atoms with van der Waals surface area (Å²) in [5.41, 5.74) is 1.96. The van der Waals surface area contributed by atoms with Crippen LogP contribution in [0.4, 0.5) is 27.4 Å². The molecular weight excluding hydrogens is 413 g/mol. The molecular formula is C22H22FN7O2. The molecule has 1 amide bonds. The zero-order valence-corrected chi connectivity index (χ0v) is 17.8. The van der Waals surface area contributed by atoms with E-state index in [2.05, 4.69) is 25.9 Å². The first-order chi connectivity index (χ1) is 15.4. The number of carbonyl (C=O) groups is 1. The van der Waals surface area contributed by atoms with Crippen LogP contribution in [0, 0.1) is 5.82 Å². The van der Waals surface area contributed by atoms with Gasteiger partial charge in [0.15, 0.2) is 0 Å². The number of nitrogens with zero attached hydrogens (tertiary/aromatic N) is 4. The molecule has 0 saturated heterocycles. The quantitative estimate of drug-likeness (QED) is 0.430. The van der Waals surface area contributed by atoms with Gasteiger partial charge in [-0.25, -0.2) is 14.4 Å². The Morgan fingerprint density at radius 1 is 1.09 bits per heavy atom. The van der Waals surface area contributed by atoms with Crippen LogP contribution >= 0.6 is 0 Å². The number of aryl methyl sites for hydroxylation is 2. The van der Waals surface area contributed by atoms with Gasteiger partial charge in [0.05, 0.1) is 34.0 Å². The average molecular weight is 435 g/mol. The molecule has 4 aromatic rings. The van der Waals surface area contributed by atoms with E-state index < -0.39 is 5.82 Å². The number of amides is 1. The van der Waals surface area contributed by atoms with Gasteiger partial charge in [-0.05, 0) is 25.1 Å². The van der Waals surface area contributed by atoms with Gasteiger partial charge in [0, 0.05) is 45.3 Å². The summed E-state index contributed by atoms with van der Waals surface area (Å²) >= 11 is 0. The molecule has 0 bridgehead atoms. The third kappa shape index (κ3) is 3.89. The van der Waals surface area contributed by atoms with Crippen LogP contribution in [0.25, 0.3) is 10.9 Å². The summed E-state index contributed by atoms with van der Waals surface area (Å²) in [5, 5.41) is 9.32. The summed E-state index contributed by atoms with van der Waals surface area (Å²) in [6.07, 6.45) is 6.07. The average Bonchev–Trinajstić information content (AvgIpc) is 3.11. The fourth-order valence-electron chi connectivity index (χ4n) is 3.45. The van der Waals surface area contributed by atoms with E-state index in [4.69, 9.17) is 0 Å². The van der Waals surface area contributed by atoms with E-state index in [0.29, 0.717) is 40.5 Å². The molecule has 9 nitrogen and oxygen atoms in total. The van der Waals surface area contributed by atoms with Crippen molar-refractivity contribution in [3.63, 3.8) is 0 Å². The molecule has 4 aromatic heterocycles. The highest BCUT2D eigenvalue weighted by Crippen LogP contribution is 2.29. The van der Waals surface area contributed by atoms with Crippen LogP contribution in [0.1, 0.15) is 17.3 Å². The van der Waals surface area contributed by atoms with E-state index in [9.17, 15) is 14.0 Å². The summed E-state index contributed by atoms with van der Waals surface area (Å²) in [5.74, 6) is 0.00573. The summed E-state index contributed by atoms with van der Waals surface area (Å²) in [7, 11) is 3.38. The summed E-state index contributed by atoms with van der Waals surface area (Å²) < 4.78 is 16.6. The van der Waals surface area contributed by atoms with Crippen molar-refractivity contribution in [1.82, 2.24) is 24.4 Å². The number of nitrogens with one attached hydrogen (secondary N) is 3. The number of pyridine rings is 3. The monoisotopic (exact) mass is 435 g/mol. The molecule has 0 aliphatic carbocycles. The van der Waals surface area contributed by atoms with Gasteiger partial charge in [-0.15, -0.1) is 0 Å². The highest BCUT2D eigenvalue weighted by atomic mass is 19.1. The Hall–Kier alpha value is -4.21. The fourth-order valence-corrected chi connectivity index (χ4v) is 3.45. The van der Waals surface area contributed by atoms with E-state index in [-0.39, 0.29) is 11.5 Å². The highest BCUT2D eigenvalue weighted by molar-refractivity contribution is 6.02. The second kappa shape index (κ2) is 8.50. The van der Waals surface area contributed by atoms with Crippen LogP contribution in [-0.2, 0) is 13.6 Å². The normalized spacial score (nSPS) is 10.9. The van der Waals surface area contributed by atoms with Crippen molar-refractivity contribution < 1.29 is 9.18 Å². The molecule has 4 heterocycles. The van der Waals surface area contributed by atoms with E-state index in [1.54, 1.807) is 23.0 Å². The van der Waals surface area contributed by atoms with Crippen LogP contribution in [0.15, 0.2) is 53.8 Å². The Labute approximate surface area is 182 Å². The molecule has 4 rings (SSSR count). The lowest BCUT2D eigenvalue weighted by molar-refractivity contribution is 0.0963. The molecule has 0 saturated carbocycles. The first-order valence-corrected chi connectivity index (χ1v) is 9.97. The molecule has 0 aliphatic heterocycles. The number of anilines is 4. The lowest BCUT2D eigenvalue weighted by atomic mass is 10.2. The first kappa shape index (κ1) is 21.0. The van der Waals surface area contributed by atoms with E-state index in [0.717, 1.165) is 11.7 Å². The third-order valence-electron chi connectivity index (χ3n) is 5.08. The zero-order valence-electron chi connectivity index (χ0n) is 17.8. The van der Waals surface area contributed by atoms with Crippen molar-refractivity contribution in [2.24, 2.45) is 7.05 Å². The van der Waals surface area contributed by atoms with E-state index in [1.165, 1.54) is 25.4 Å². The lowest BCUT2D eigenvalue weighted by Gasteiger charge is -2.13. The maximum absolute atomic E-state index is 13.1. The van der Waals surface area contributed by atoms with Crippen molar-refractivity contribution in [2.75, 3.05) is 17.7 Å². The molecule has 32 heavy (non-hydrogen) atoms. The van der Waals surface area contributed by atoms with Gasteiger partial charge in [0.2, 0.25) is 0 Å². The van der Waals surface area contributed by atoms with Crippen molar-refractivity contribution in [2.45, 2.75) is 13.5 Å². The standard InChI is InChI=1S/C22H22FN7O2/c1-4-30-8-7-17-20(22(30)32)16(12-29(17)3)27-15-9-19(26-11-14(15)21(31)24-2)28-18-6-5-13(23)10-25-18/h5-12H,4H2,1-3H3,(H,24,31)(H2,25,26,27,28). The highest BCUT2D eigenvalue weighted by Gasteiger charge is 2.17. The van der Waals surface area contributed by atoms with Crippen molar-refractivity contribution in [3.05, 3.63) is 70.8 Å². The van der Waals surface area contributed by atoms with Gasteiger partial charge in [-0.3, -0.25) is 9.59 Å². The Kier molecular flexibility index (Phi) is 5.59. The largest absolute Gasteiger partial charge is 0.355 e. The SMILES string of the molecule is CCn1ccc2c(c(Nc3cc(Nc4ccc(F)cn4)ncc3C(=O)NC)cn2C)c1=O. The van der Waals surface area contributed by atoms with Gasteiger partial charge in [-0.2, -0.15) is 0 Å². The minimum atomic E-state index is -0.450. The number of fused-ring (bicyclic) bond motifs is 1. The Balaban J connectivity index is 1.79. The maximum Gasteiger partial charge on any atom is 0.262 e. The fraction of sp³-hybridized carbons (Fsp3) is 0.182. The molecule has 10 heteroatoms. The molecule has 0 spiro atoms. The summed E-state index contributed by atoms with van der Waals surface area (Å²) in [6, 6.07) is 6.28. The molecule has 0 radical (unpaired) electrons. The van der Waals surface area contributed by atoms with Crippen molar-refractivity contribution >= 4 is 39.8 Å². The predicted octanol–water partition coefficient (Wildman–Crippen LogP) is 3.14. The van der Waals surface area contributed by atoms with E-state index in [1.807, 2.05) is 24.6 Å². The van der Waals surface area contributed by atoms with Crippen LogP contribution in [0.5, 0.6) is 0 Å². The minimum absolute atomic E-state index is 0.127. The van der Waals surface area contributed by atoms with E-state index >= 15 is 0 Å².